The molecule has 0 aliphatic heterocycles. The zero-order chi connectivity index (χ0) is 27.3. The van der Waals surface area contributed by atoms with E-state index in [1.54, 1.807) is 12.1 Å². The molecule has 40 heavy (non-hydrogen) atoms. The van der Waals surface area contributed by atoms with Crippen molar-refractivity contribution in [2.75, 3.05) is 0 Å². The normalized spacial score (nSPS) is 11.0. The van der Waals surface area contributed by atoms with Crippen molar-refractivity contribution in [1.82, 2.24) is 19.1 Å². The minimum Gasteiger partial charge on any atom is -0.485 e. The minimum atomic E-state index is -0.480. The maximum atomic E-state index is 13.6. The van der Waals surface area contributed by atoms with Crippen LogP contribution in [0.15, 0.2) is 125 Å². The van der Waals surface area contributed by atoms with Crippen LogP contribution >= 0.6 is 0 Å². The molecule has 6 aromatic rings. The Balaban J connectivity index is 1.36. The van der Waals surface area contributed by atoms with Gasteiger partial charge in [-0.2, -0.15) is 0 Å². The zero-order valence-corrected chi connectivity index (χ0v) is 21.6. The highest BCUT2D eigenvalue weighted by Crippen LogP contribution is 2.30. The van der Waals surface area contributed by atoms with E-state index >= 15 is 0 Å². The number of nitrogens with zero attached hydrogens (tertiary/aromatic N) is 3. The van der Waals surface area contributed by atoms with Crippen LogP contribution in [-0.2, 0) is 19.8 Å². The number of hydrogen-bond acceptors (Lipinski definition) is 5. The Morgan fingerprint density at radius 1 is 0.675 bits per heavy atom. The van der Waals surface area contributed by atoms with Crippen LogP contribution in [-0.4, -0.2) is 19.1 Å². The summed E-state index contributed by atoms with van der Waals surface area (Å²) < 4.78 is 14.9. The first-order valence-corrected chi connectivity index (χ1v) is 12.9. The van der Waals surface area contributed by atoms with E-state index in [1.807, 2.05) is 97.1 Å². The molecule has 6 rings (SSSR count). The van der Waals surface area contributed by atoms with Crippen LogP contribution in [0.2, 0.25) is 0 Å². The van der Waals surface area contributed by atoms with Gasteiger partial charge in [-0.3, -0.25) is 9.36 Å². The molecule has 1 N–H and O–H groups in total. The lowest BCUT2D eigenvalue weighted by Crippen LogP contribution is -2.39. The summed E-state index contributed by atoms with van der Waals surface area (Å²) >= 11 is 0. The summed E-state index contributed by atoms with van der Waals surface area (Å²) in [4.78, 5) is 34.1. The van der Waals surface area contributed by atoms with Crippen molar-refractivity contribution in [3.8, 4) is 17.2 Å². The van der Waals surface area contributed by atoms with E-state index in [4.69, 9.17) is 9.47 Å². The summed E-state index contributed by atoms with van der Waals surface area (Å²) in [5, 5.41) is 0. The molecule has 0 radical (unpaired) electrons. The molecule has 198 valence electrons. The van der Waals surface area contributed by atoms with Gasteiger partial charge in [0.05, 0.1) is 18.6 Å². The molecule has 0 unspecified atom stereocenters. The lowest BCUT2D eigenvalue weighted by Gasteiger charge is -2.16. The van der Waals surface area contributed by atoms with Crippen molar-refractivity contribution < 1.29 is 9.47 Å². The Bertz CT molecular complexity index is 1860. The Morgan fingerprint density at radius 3 is 1.93 bits per heavy atom. The number of aromatic nitrogens is 4. The topological polar surface area (TPSA) is 91.1 Å². The third-order valence-corrected chi connectivity index (χ3v) is 6.55. The quantitative estimate of drug-likeness (QED) is 0.282. The van der Waals surface area contributed by atoms with Gasteiger partial charge in [-0.15, -0.1) is 0 Å². The molecule has 0 saturated carbocycles. The minimum absolute atomic E-state index is 0.0418. The van der Waals surface area contributed by atoms with Crippen molar-refractivity contribution in [1.29, 1.82) is 0 Å². The Kier molecular flexibility index (Phi) is 6.96. The highest BCUT2D eigenvalue weighted by molar-refractivity contribution is 5.71. The second-order valence-corrected chi connectivity index (χ2v) is 9.28. The molecule has 2 aromatic heterocycles. The van der Waals surface area contributed by atoms with Crippen molar-refractivity contribution >= 4 is 11.2 Å². The average Bonchev–Trinajstić information content (AvgIpc) is 3.49. The van der Waals surface area contributed by atoms with Crippen LogP contribution in [0.3, 0.4) is 0 Å². The number of nitrogens with one attached hydrogen (secondary N) is 1. The maximum Gasteiger partial charge on any atom is 0.337 e. The number of ether oxygens (including phenoxy) is 2. The molecule has 0 aliphatic rings. The predicted octanol–water partition coefficient (Wildman–Crippen LogP) is 5.08. The van der Waals surface area contributed by atoms with E-state index in [9.17, 15) is 9.59 Å². The van der Waals surface area contributed by atoms with E-state index in [2.05, 4.69) is 9.97 Å². The van der Waals surface area contributed by atoms with Gasteiger partial charge in [-0.05, 0) is 41.0 Å². The van der Waals surface area contributed by atoms with Crippen LogP contribution in [0.5, 0.6) is 11.5 Å². The van der Waals surface area contributed by atoms with Crippen LogP contribution in [0.25, 0.3) is 16.9 Å². The SMILES string of the molecule is O=c1c2[nH]cnc2n(-c2ccccc2)c(=O)n1Cc1ccc(OCc2ccccc2)c(OCc2ccccc2)c1. The van der Waals surface area contributed by atoms with Gasteiger partial charge in [0, 0.05) is 0 Å². The third-order valence-electron chi connectivity index (χ3n) is 6.55. The molecule has 0 aliphatic carbocycles. The van der Waals surface area contributed by atoms with Crippen molar-refractivity contribution in [2.45, 2.75) is 19.8 Å². The number of hydrogen-bond donors (Lipinski definition) is 1. The lowest BCUT2D eigenvalue weighted by atomic mass is 10.2. The average molecular weight is 531 g/mol. The van der Waals surface area contributed by atoms with Gasteiger partial charge in [0.2, 0.25) is 0 Å². The Labute approximate surface area is 229 Å². The lowest BCUT2D eigenvalue weighted by molar-refractivity contribution is 0.255. The number of fused-ring (bicyclic) bond motifs is 1. The molecule has 4 aromatic carbocycles. The molecule has 0 fully saturated rings. The van der Waals surface area contributed by atoms with Crippen molar-refractivity contribution in [3.05, 3.63) is 153 Å². The molecule has 8 nitrogen and oxygen atoms in total. The zero-order valence-electron chi connectivity index (χ0n) is 21.6. The summed E-state index contributed by atoms with van der Waals surface area (Å²) in [7, 11) is 0. The fourth-order valence-corrected chi connectivity index (χ4v) is 4.53. The highest BCUT2D eigenvalue weighted by atomic mass is 16.5. The Morgan fingerprint density at radius 2 is 1.27 bits per heavy atom. The van der Waals surface area contributed by atoms with Gasteiger partial charge in [-0.1, -0.05) is 84.9 Å². The van der Waals surface area contributed by atoms with Crippen LogP contribution in [0.1, 0.15) is 16.7 Å². The third kappa shape index (κ3) is 5.15. The fourth-order valence-electron chi connectivity index (χ4n) is 4.53. The van der Waals surface area contributed by atoms with E-state index in [-0.39, 0.29) is 17.7 Å². The van der Waals surface area contributed by atoms with Gasteiger partial charge in [0.15, 0.2) is 17.1 Å². The monoisotopic (exact) mass is 530 g/mol. The summed E-state index contributed by atoms with van der Waals surface area (Å²) in [5.41, 5.74) is 2.99. The molecule has 0 amide bonds. The molecule has 2 heterocycles. The predicted molar refractivity (Wildman–Crippen MR) is 153 cm³/mol. The molecule has 8 heteroatoms. The fraction of sp³-hybridized carbons (Fsp3) is 0.0938. The van der Waals surface area contributed by atoms with Crippen LogP contribution in [0, 0.1) is 0 Å². The second kappa shape index (κ2) is 11.2. The number of aromatic amines is 1. The first-order chi connectivity index (χ1) is 19.7. The highest BCUT2D eigenvalue weighted by Gasteiger charge is 2.18. The second-order valence-electron chi connectivity index (χ2n) is 9.28. The summed E-state index contributed by atoms with van der Waals surface area (Å²) in [6, 6.07) is 34.3. The smallest absolute Gasteiger partial charge is 0.337 e. The maximum absolute atomic E-state index is 13.6. The van der Waals surface area contributed by atoms with E-state index in [0.717, 1.165) is 11.1 Å². The molecule has 0 bridgehead atoms. The van der Waals surface area contributed by atoms with Crippen LogP contribution in [0.4, 0.5) is 0 Å². The number of benzene rings is 4. The first kappa shape index (κ1) is 24.9. The largest absolute Gasteiger partial charge is 0.485 e. The van der Waals surface area contributed by atoms with Crippen molar-refractivity contribution in [3.63, 3.8) is 0 Å². The van der Waals surface area contributed by atoms with E-state index in [0.29, 0.717) is 36.0 Å². The summed E-state index contributed by atoms with van der Waals surface area (Å²) in [5.74, 6) is 1.10. The van der Waals surface area contributed by atoms with Gasteiger partial charge >= 0.3 is 5.69 Å². The number of rotatable bonds is 9. The van der Waals surface area contributed by atoms with Crippen LogP contribution < -0.4 is 20.7 Å². The van der Waals surface area contributed by atoms with Gasteiger partial charge in [0.1, 0.15) is 18.7 Å². The van der Waals surface area contributed by atoms with E-state index < -0.39 is 11.2 Å². The van der Waals surface area contributed by atoms with Crippen molar-refractivity contribution in [2.24, 2.45) is 0 Å². The van der Waals surface area contributed by atoms with Gasteiger partial charge in [-0.25, -0.2) is 14.3 Å². The number of H-pyrrole nitrogens is 1. The number of para-hydroxylation sites is 1. The summed E-state index contributed by atoms with van der Waals surface area (Å²) in [6.45, 7) is 0.757. The molecule has 0 spiro atoms. The Hall–Kier alpha value is -5.37. The van der Waals surface area contributed by atoms with Gasteiger partial charge < -0.3 is 14.5 Å². The van der Waals surface area contributed by atoms with E-state index in [1.165, 1.54) is 15.5 Å². The molecule has 0 saturated heterocycles. The number of imidazole rings is 1. The standard InChI is InChI=1S/C32H26N4O4/c37-31-29-30(34-22-33-29)36(26-14-8-3-9-15-26)32(38)35(31)19-25-16-17-27(39-20-23-10-4-1-5-11-23)28(18-25)40-21-24-12-6-2-7-13-24/h1-18,22H,19-21H2,(H,33,34). The first-order valence-electron chi connectivity index (χ1n) is 12.9. The summed E-state index contributed by atoms with van der Waals surface area (Å²) in [6.07, 6.45) is 1.42. The van der Waals surface area contributed by atoms with Gasteiger partial charge in [0.25, 0.3) is 5.56 Å². The molecular weight excluding hydrogens is 504 g/mol. The molecular formula is C32H26N4O4. The molecule has 0 atom stereocenters.